The van der Waals surface area contributed by atoms with Crippen LogP contribution in [0.5, 0.6) is 6.01 Å². The van der Waals surface area contributed by atoms with E-state index in [1.165, 1.54) is 25.7 Å². The van der Waals surface area contributed by atoms with Crippen molar-refractivity contribution in [3.63, 3.8) is 0 Å². The molecule has 0 saturated carbocycles. The molecule has 3 rings (SSSR count). The number of nitrogens with zero attached hydrogens (tertiary/aromatic N) is 5. The summed E-state index contributed by atoms with van der Waals surface area (Å²) in [4.78, 5) is 18.0. The second-order valence-corrected chi connectivity index (χ2v) is 6.44. The number of aromatic nitrogens is 3. The molecule has 2 saturated heterocycles. The van der Waals surface area contributed by atoms with Crippen LogP contribution < -0.4 is 14.5 Å². The van der Waals surface area contributed by atoms with Gasteiger partial charge in [-0.1, -0.05) is 12.8 Å². The molecule has 0 spiro atoms. The molecule has 7 nitrogen and oxygen atoms in total. The van der Waals surface area contributed by atoms with Crippen LogP contribution in [0.15, 0.2) is 0 Å². The molecule has 0 amide bonds. The van der Waals surface area contributed by atoms with Crippen LogP contribution in [-0.4, -0.2) is 60.0 Å². The van der Waals surface area contributed by atoms with Crippen molar-refractivity contribution >= 4 is 11.9 Å². The molecular weight excluding hydrogens is 294 g/mol. The highest BCUT2D eigenvalue weighted by Gasteiger charge is 2.23. The van der Waals surface area contributed by atoms with E-state index in [2.05, 4.69) is 19.8 Å². The Morgan fingerprint density at radius 2 is 1.48 bits per heavy atom. The summed E-state index contributed by atoms with van der Waals surface area (Å²) in [6.07, 6.45) is 6.88. The third-order valence-corrected chi connectivity index (χ3v) is 4.82. The Hall–Kier alpha value is -1.63. The minimum absolute atomic E-state index is 0.271. The van der Waals surface area contributed by atoms with Crippen LogP contribution in [0, 0.1) is 5.92 Å². The third kappa shape index (κ3) is 4.02. The number of anilines is 2. The molecule has 2 aliphatic heterocycles. The molecule has 0 radical (unpaired) electrons. The Bertz CT molecular complexity index is 497. The van der Waals surface area contributed by atoms with E-state index in [-0.39, 0.29) is 6.61 Å². The summed E-state index contributed by atoms with van der Waals surface area (Å²) in [6, 6.07) is 0.388. The first-order valence-corrected chi connectivity index (χ1v) is 8.71. The molecule has 0 aliphatic carbocycles. The molecule has 0 aromatic carbocycles. The van der Waals surface area contributed by atoms with Crippen LogP contribution in [0.3, 0.4) is 0 Å². The van der Waals surface area contributed by atoms with Gasteiger partial charge in [-0.3, -0.25) is 0 Å². The number of ether oxygens (including phenoxy) is 1. The van der Waals surface area contributed by atoms with E-state index in [0.29, 0.717) is 17.9 Å². The first kappa shape index (κ1) is 16.2. The molecule has 0 atom stereocenters. The van der Waals surface area contributed by atoms with Crippen molar-refractivity contribution in [1.29, 1.82) is 0 Å². The summed E-state index contributed by atoms with van der Waals surface area (Å²) in [5, 5.41) is 9.28. The minimum atomic E-state index is 0.271. The molecule has 1 N–H and O–H groups in total. The number of rotatable bonds is 4. The van der Waals surface area contributed by atoms with Gasteiger partial charge in [-0.15, -0.1) is 0 Å². The first-order chi connectivity index (χ1) is 11.3. The first-order valence-electron chi connectivity index (χ1n) is 8.71. The molecule has 3 heterocycles. The van der Waals surface area contributed by atoms with Gasteiger partial charge < -0.3 is 19.6 Å². The van der Waals surface area contributed by atoms with Crippen molar-refractivity contribution in [2.75, 3.05) is 49.7 Å². The van der Waals surface area contributed by atoms with Crippen molar-refractivity contribution in [2.45, 2.75) is 38.5 Å². The van der Waals surface area contributed by atoms with Gasteiger partial charge in [0.2, 0.25) is 11.9 Å². The zero-order chi connectivity index (χ0) is 16.1. The molecule has 128 valence electrons. The van der Waals surface area contributed by atoms with Gasteiger partial charge in [-0.25, -0.2) is 0 Å². The Labute approximate surface area is 137 Å². The molecule has 1 aromatic rings. The average Bonchev–Trinajstić information content (AvgIpc) is 2.91. The predicted octanol–water partition coefficient (Wildman–Crippen LogP) is 1.47. The van der Waals surface area contributed by atoms with Gasteiger partial charge in [0.05, 0.1) is 7.11 Å². The van der Waals surface area contributed by atoms with E-state index in [0.717, 1.165) is 45.0 Å². The predicted molar refractivity (Wildman–Crippen MR) is 89.1 cm³/mol. The second-order valence-electron chi connectivity index (χ2n) is 6.44. The molecule has 7 heteroatoms. The monoisotopic (exact) mass is 321 g/mol. The third-order valence-electron chi connectivity index (χ3n) is 4.82. The lowest BCUT2D eigenvalue weighted by Crippen LogP contribution is -2.36. The lowest BCUT2D eigenvalue weighted by molar-refractivity contribution is 0.202. The van der Waals surface area contributed by atoms with Gasteiger partial charge in [-0.2, -0.15) is 15.0 Å². The van der Waals surface area contributed by atoms with Gasteiger partial charge >= 0.3 is 6.01 Å². The summed E-state index contributed by atoms with van der Waals surface area (Å²) in [7, 11) is 1.60. The molecule has 23 heavy (non-hydrogen) atoms. The quantitative estimate of drug-likeness (QED) is 0.900. The maximum Gasteiger partial charge on any atom is 0.322 e. The van der Waals surface area contributed by atoms with Crippen LogP contribution in [0.25, 0.3) is 0 Å². The second kappa shape index (κ2) is 7.77. The summed E-state index contributed by atoms with van der Waals surface area (Å²) in [5.41, 5.74) is 0. The molecule has 2 aliphatic rings. The lowest BCUT2D eigenvalue weighted by atomic mass is 9.98. The summed E-state index contributed by atoms with van der Waals surface area (Å²) >= 11 is 0. The molecule has 1 aromatic heterocycles. The number of piperidine rings is 1. The maximum absolute atomic E-state index is 9.28. The van der Waals surface area contributed by atoms with Gasteiger partial charge in [0.25, 0.3) is 0 Å². The summed E-state index contributed by atoms with van der Waals surface area (Å²) in [6.45, 7) is 4.02. The number of hydrogen-bond donors (Lipinski definition) is 1. The molecular formula is C16H27N5O2. The van der Waals surface area contributed by atoms with E-state index in [1.807, 2.05) is 0 Å². The Morgan fingerprint density at radius 3 is 2.00 bits per heavy atom. The largest absolute Gasteiger partial charge is 0.467 e. The van der Waals surface area contributed by atoms with Crippen molar-refractivity contribution in [3.8, 4) is 6.01 Å². The molecule has 0 bridgehead atoms. The van der Waals surface area contributed by atoms with Gasteiger partial charge in [0.1, 0.15) is 0 Å². The fourth-order valence-electron chi connectivity index (χ4n) is 3.30. The fourth-order valence-corrected chi connectivity index (χ4v) is 3.30. The normalized spacial score (nSPS) is 20.4. The number of methoxy groups -OCH3 is 1. The maximum atomic E-state index is 9.28. The van der Waals surface area contributed by atoms with Crippen molar-refractivity contribution < 1.29 is 9.84 Å². The van der Waals surface area contributed by atoms with Gasteiger partial charge in [-0.05, 0) is 31.6 Å². The fraction of sp³-hybridized carbons (Fsp3) is 0.812. The highest BCUT2D eigenvalue weighted by Crippen LogP contribution is 2.24. The lowest BCUT2D eigenvalue weighted by Gasteiger charge is -2.31. The van der Waals surface area contributed by atoms with Crippen LogP contribution in [0.1, 0.15) is 38.5 Å². The summed E-state index contributed by atoms with van der Waals surface area (Å²) < 4.78 is 5.30. The van der Waals surface area contributed by atoms with E-state index >= 15 is 0 Å². The van der Waals surface area contributed by atoms with E-state index < -0.39 is 0 Å². The molecule has 2 fully saturated rings. The number of aliphatic hydroxyl groups is 1. The van der Waals surface area contributed by atoms with Crippen LogP contribution in [0.2, 0.25) is 0 Å². The highest BCUT2D eigenvalue weighted by atomic mass is 16.5. The van der Waals surface area contributed by atoms with Gasteiger partial charge in [0, 0.05) is 32.8 Å². The van der Waals surface area contributed by atoms with Crippen LogP contribution >= 0.6 is 0 Å². The average molecular weight is 321 g/mol. The zero-order valence-corrected chi connectivity index (χ0v) is 13.9. The summed E-state index contributed by atoms with van der Waals surface area (Å²) in [5.74, 6) is 1.84. The van der Waals surface area contributed by atoms with E-state index in [4.69, 9.17) is 9.72 Å². The standard InChI is InChI=1S/C16H27N5O2/c1-23-16-18-14(20-8-4-2-3-5-9-20)17-15(19-16)21-10-6-13(12-22)7-11-21/h13,22H,2-12H2,1H3. The smallest absolute Gasteiger partial charge is 0.322 e. The number of hydrogen-bond acceptors (Lipinski definition) is 7. The molecule has 0 unspecified atom stereocenters. The SMILES string of the molecule is COc1nc(N2CCCCCC2)nc(N2CCC(CO)CC2)n1. The topological polar surface area (TPSA) is 74.6 Å². The minimum Gasteiger partial charge on any atom is -0.467 e. The van der Waals surface area contributed by atoms with Gasteiger partial charge in [0.15, 0.2) is 0 Å². The van der Waals surface area contributed by atoms with Crippen molar-refractivity contribution in [2.24, 2.45) is 5.92 Å². The Kier molecular flexibility index (Phi) is 5.48. The highest BCUT2D eigenvalue weighted by molar-refractivity contribution is 5.40. The number of aliphatic hydroxyl groups excluding tert-OH is 1. The van der Waals surface area contributed by atoms with Crippen molar-refractivity contribution in [3.05, 3.63) is 0 Å². The van der Waals surface area contributed by atoms with Crippen molar-refractivity contribution in [1.82, 2.24) is 15.0 Å². The van der Waals surface area contributed by atoms with Crippen LogP contribution in [-0.2, 0) is 0 Å². The Balaban J connectivity index is 1.78. The van der Waals surface area contributed by atoms with Crippen LogP contribution in [0.4, 0.5) is 11.9 Å². The van der Waals surface area contributed by atoms with E-state index in [1.54, 1.807) is 7.11 Å². The van der Waals surface area contributed by atoms with E-state index in [9.17, 15) is 5.11 Å². The Morgan fingerprint density at radius 1 is 0.913 bits per heavy atom. The zero-order valence-electron chi connectivity index (χ0n) is 13.9.